The summed E-state index contributed by atoms with van der Waals surface area (Å²) in [4.78, 5) is 13.6. The van der Waals surface area contributed by atoms with E-state index in [-0.39, 0.29) is 5.91 Å². The van der Waals surface area contributed by atoms with Gasteiger partial charge in [-0.3, -0.25) is 4.79 Å². The summed E-state index contributed by atoms with van der Waals surface area (Å²) in [5.74, 6) is 0.0804. The molecule has 0 radical (unpaired) electrons. The van der Waals surface area contributed by atoms with Crippen LogP contribution in [-0.2, 0) is 4.79 Å². The predicted molar refractivity (Wildman–Crippen MR) is 66.0 cm³/mol. The summed E-state index contributed by atoms with van der Waals surface area (Å²) in [6, 6.07) is 5.81. The quantitative estimate of drug-likeness (QED) is 0.812. The molecule has 0 bridgehead atoms. The van der Waals surface area contributed by atoms with Gasteiger partial charge in [0.2, 0.25) is 5.91 Å². The highest BCUT2D eigenvalue weighted by molar-refractivity contribution is 6.31. The Kier molecular flexibility index (Phi) is 3.34. The molecule has 16 heavy (non-hydrogen) atoms. The van der Waals surface area contributed by atoms with Crippen LogP contribution in [0.15, 0.2) is 18.2 Å². The molecule has 1 heterocycles. The van der Waals surface area contributed by atoms with Gasteiger partial charge in [-0.25, -0.2) is 0 Å². The summed E-state index contributed by atoms with van der Waals surface area (Å²) in [5, 5.41) is 3.62. The molecule has 1 fully saturated rings. The van der Waals surface area contributed by atoms with E-state index < -0.39 is 0 Å². The fourth-order valence-corrected chi connectivity index (χ4v) is 2.12. The molecule has 3 nitrogen and oxygen atoms in total. The monoisotopic (exact) mass is 238 g/mol. The van der Waals surface area contributed by atoms with Crippen LogP contribution in [0.1, 0.15) is 12.0 Å². The van der Waals surface area contributed by atoms with Crippen molar-refractivity contribution in [3.05, 3.63) is 28.8 Å². The SMILES string of the molecule is Cc1c(Cl)cccc1N1CCCNC(=O)C1. The minimum absolute atomic E-state index is 0.0804. The maximum Gasteiger partial charge on any atom is 0.239 e. The van der Waals surface area contributed by atoms with Crippen molar-refractivity contribution in [3.8, 4) is 0 Å². The van der Waals surface area contributed by atoms with Gasteiger partial charge in [0.05, 0.1) is 6.54 Å². The zero-order chi connectivity index (χ0) is 11.5. The number of rotatable bonds is 1. The molecule has 1 aliphatic rings. The maximum atomic E-state index is 11.5. The standard InChI is InChI=1S/C12H15ClN2O/c1-9-10(13)4-2-5-11(9)15-7-3-6-14-12(16)8-15/h2,4-5H,3,6-8H2,1H3,(H,14,16). The van der Waals surface area contributed by atoms with Crippen molar-refractivity contribution >= 4 is 23.2 Å². The molecule has 0 unspecified atom stereocenters. The smallest absolute Gasteiger partial charge is 0.239 e. The summed E-state index contributed by atoms with van der Waals surface area (Å²) < 4.78 is 0. The largest absolute Gasteiger partial charge is 0.362 e. The van der Waals surface area contributed by atoms with Gasteiger partial charge in [0.25, 0.3) is 0 Å². The molecule has 0 aliphatic carbocycles. The van der Waals surface area contributed by atoms with Gasteiger partial charge in [0.1, 0.15) is 0 Å². The maximum absolute atomic E-state index is 11.5. The van der Waals surface area contributed by atoms with Crippen LogP contribution in [0.4, 0.5) is 5.69 Å². The highest BCUT2D eigenvalue weighted by Crippen LogP contribution is 2.26. The second-order valence-corrected chi connectivity index (χ2v) is 4.42. The van der Waals surface area contributed by atoms with Crippen LogP contribution in [0.5, 0.6) is 0 Å². The lowest BCUT2D eigenvalue weighted by atomic mass is 10.1. The van der Waals surface area contributed by atoms with E-state index in [1.165, 1.54) is 0 Å². The van der Waals surface area contributed by atoms with E-state index in [9.17, 15) is 4.79 Å². The van der Waals surface area contributed by atoms with Crippen LogP contribution < -0.4 is 10.2 Å². The number of amides is 1. The van der Waals surface area contributed by atoms with E-state index >= 15 is 0 Å². The van der Waals surface area contributed by atoms with Gasteiger partial charge in [-0.15, -0.1) is 0 Å². The van der Waals surface area contributed by atoms with E-state index in [1.807, 2.05) is 25.1 Å². The lowest BCUT2D eigenvalue weighted by Gasteiger charge is -2.23. The van der Waals surface area contributed by atoms with Gasteiger partial charge in [0, 0.05) is 23.8 Å². The molecule has 0 saturated carbocycles. The molecule has 0 atom stereocenters. The van der Waals surface area contributed by atoms with Crippen LogP contribution in [0.2, 0.25) is 5.02 Å². The number of carbonyl (C=O) groups excluding carboxylic acids is 1. The molecule has 1 aromatic carbocycles. The van der Waals surface area contributed by atoms with E-state index in [2.05, 4.69) is 10.2 Å². The zero-order valence-electron chi connectivity index (χ0n) is 9.29. The molecule has 1 amide bonds. The molecular weight excluding hydrogens is 224 g/mol. The van der Waals surface area contributed by atoms with Crippen molar-refractivity contribution in [2.24, 2.45) is 0 Å². The lowest BCUT2D eigenvalue weighted by Crippen LogP contribution is -2.33. The Balaban J connectivity index is 2.28. The molecule has 1 aliphatic heterocycles. The van der Waals surface area contributed by atoms with Crippen molar-refractivity contribution in [2.75, 3.05) is 24.5 Å². The van der Waals surface area contributed by atoms with Crippen molar-refractivity contribution in [1.82, 2.24) is 5.32 Å². The summed E-state index contributed by atoms with van der Waals surface area (Å²) in [7, 11) is 0. The molecule has 1 N–H and O–H groups in total. The number of nitrogens with zero attached hydrogens (tertiary/aromatic N) is 1. The summed E-state index contributed by atoms with van der Waals surface area (Å²) in [5.41, 5.74) is 2.10. The number of halogens is 1. The number of nitrogens with one attached hydrogen (secondary N) is 1. The van der Waals surface area contributed by atoms with Gasteiger partial charge >= 0.3 is 0 Å². The topological polar surface area (TPSA) is 32.3 Å². The van der Waals surface area contributed by atoms with Gasteiger partial charge in [0.15, 0.2) is 0 Å². The van der Waals surface area contributed by atoms with E-state index in [0.29, 0.717) is 6.54 Å². The average Bonchev–Trinajstić information content (AvgIpc) is 2.47. The van der Waals surface area contributed by atoms with Crippen molar-refractivity contribution in [2.45, 2.75) is 13.3 Å². The number of anilines is 1. The third-order valence-electron chi connectivity index (χ3n) is 2.84. The van der Waals surface area contributed by atoms with Crippen LogP contribution in [0.25, 0.3) is 0 Å². The molecule has 1 saturated heterocycles. The number of carbonyl (C=O) groups is 1. The first-order valence-corrected chi connectivity index (χ1v) is 5.83. The Hall–Kier alpha value is -1.22. The summed E-state index contributed by atoms with van der Waals surface area (Å²) in [6.07, 6.45) is 0.970. The highest BCUT2D eigenvalue weighted by atomic mass is 35.5. The number of hydrogen-bond donors (Lipinski definition) is 1. The summed E-state index contributed by atoms with van der Waals surface area (Å²) in [6.45, 7) is 4.05. The van der Waals surface area contributed by atoms with Crippen LogP contribution in [0.3, 0.4) is 0 Å². The normalized spacial score (nSPS) is 16.9. The van der Waals surface area contributed by atoms with Gasteiger partial charge in [-0.1, -0.05) is 17.7 Å². The zero-order valence-corrected chi connectivity index (χ0v) is 10.0. The molecular formula is C12H15ClN2O. The minimum Gasteiger partial charge on any atom is -0.362 e. The van der Waals surface area contributed by atoms with Crippen molar-refractivity contribution in [3.63, 3.8) is 0 Å². The Morgan fingerprint density at radius 2 is 2.25 bits per heavy atom. The molecule has 86 valence electrons. The van der Waals surface area contributed by atoms with Gasteiger partial charge in [-0.05, 0) is 31.0 Å². The molecule has 1 aromatic rings. The second-order valence-electron chi connectivity index (χ2n) is 4.01. The van der Waals surface area contributed by atoms with Gasteiger partial charge in [-0.2, -0.15) is 0 Å². The first-order valence-electron chi connectivity index (χ1n) is 5.45. The third-order valence-corrected chi connectivity index (χ3v) is 3.25. The summed E-state index contributed by atoms with van der Waals surface area (Å²) >= 11 is 6.08. The van der Waals surface area contributed by atoms with Crippen LogP contribution in [0, 0.1) is 6.92 Å². The van der Waals surface area contributed by atoms with E-state index in [1.54, 1.807) is 0 Å². The Morgan fingerprint density at radius 1 is 1.44 bits per heavy atom. The number of hydrogen-bond acceptors (Lipinski definition) is 2. The van der Waals surface area contributed by atoms with E-state index in [4.69, 9.17) is 11.6 Å². The second kappa shape index (κ2) is 4.74. The van der Waals surface area contributed by atoms with Crippen LogP contribution in [-0.4, -0.2) is 25.5 Å². The third kappa shape index (κ3) is 2.30. The highest BCUT2D eigenvalue weighted by Gasteiger charge is 2.16. The molecule has 4 heteroatoms. The fourth-order valence-electron chi connectivity index (χ4n) is 1.95. The number of benzene rings is 1. The van der Waals surface area contributed by atoms with Crippen LogP contribution >= 0.6 is 11.6 Å². The molecule has 0 spiro atoms. The first-order chi connectivity index (χ1) is 7.68. The Labute approximate surface area is 100 Å². The first kappa shape index (κ1) is 11.3. The molecule has 2 rings (SSSR count). The van der Waals surface area contributed by atoms with E-state index in [0.717, 1.165) is 35.8 Å². The fraction of sp³-hybridized carbons (Fsp3) is 0.417. The average molecular weight is 239 g/mol. The van der Waals surface area contributed by atoms with Crippen molar-refractivity contribution < 1.29 is 4.79 Å². The van der Waals surface area contributed by atoms with Crippen molar-refractivity contribution in [1.29, 1.82) is 0 Å². The molecule has 0 aromatic heterocycles. The Bertz CT molecular complexity index is 406. The van der Waals surface area contributed by atoms with Gasteiger partial charge < -0.3 is 10.2 Å². The predicted octanol–water partition coefficient (Wildman–Crippen LogP) is 1.97. The minimum atomic E-state index is 0.0804. The Morgan fingerprint density at radius 3 is 3.06 bits per heavy atom. The lowest BCUT2D eigenvalue weighted by molar-refractivity contribution is -0.119.